The molecule has 160 valence electrons. The average Bonchev–Trinajstić information content (AvgIpc) is 3.41. The first kappa shape index (κ1) is 22.1. The second kappa shape index (κ2) is 12.2. The Kier molecular flexibility index (Phi) is 9.30. The second-order valence-corrected chi connectivity index (χ2v) is 8.58. The summed E-state index contributed by atoms with van der Waals surface area (Å²) >= 11 is 7.34. The van der Waals surface area contributed by atoms with Gasteiger partial charge in [0.1, 0.15) is 11.9 Å². The van der Waals surface area contributed by atoms with Gasteiger partial charge >= 0.3 is 0 Å². The number of furan rings is 1. The molecule has 3 heterocycles. The number of nitrogens with zero attached hydrogens (tertiary/aromatic N) is 2. The lowest BCUT2D eigenvalue weighted by Crippen LogP contribution is -2.41. The number of halogens is 1. The van der Waals surface area contributed by atoms with Gasteiger partial charge in [-0.3, -0.25) is 9.89 Å². The molecule has 0 saturated carbocycles. The average molecular weight is 441 g/mol. The van der Waals surface area contributed by atoms with Gasteiger partial charge in [0.2, 0.25) is 0 Å². The minimum Gasteiger partial charge on any atom is -0.469 e. The van der Waals surface area contributed by atoms with E-state index < -0.39 is 6.10 Å². The van der Waals surface area contributed by atoms with E-state index in [1.807, 2.05) is 18.2 Å². The minimum atomic E-state index is -0.662. The number of aliphatic hydroxyl groups is 1. The molecule has 1 aliphatic rings. The number of aliphatic hydroxyl groups excluding tert-OH is 1. The largest absolute Gasteiger partial charge is 0.469 e. The van der Waals surface area contributed by atoms with Crippen molar-refractivity contribution in [1.82, 2.24) is 15.5 Å². The van der Waals surface area contributed by atoms with Crippen LogP contribution in [0.2, 0.25) is 4.34 Å². The molecule has 0 amide bonds. The van der Waals surface area contributed by atoms with Crippen molar-refractivity contribution in [2.24, 2.45) is 4.99 Å². The normalized spacial score (nSPS) is 16.7. The molecule has 0 bridgehead atoms. The van der Waals surface area contributed by atoms with Crippen LogP contribution in [0.4, 0.5) is 0 Å². The Morgan fingerprint density at radius 3 is 2.79 bits per heavy atom. The quantitative estimate of drug-likeness (QED) is 0.299. The first-order valence-electron chi connectivity index (χ1n) is 9.98. The highest BCUT2D eigenvalue weighted by Crippen LogP contribution is 2.26. The summed E-state index contributed by atoms with van der Waals surface area (Å²) in [5.74, 6) is 1.62. The minimum absolute atomic E-state index is 0.274. The van der Waals surface area contributed by atoms with E-state index in [9.17, 15) is 5.11 Å². The van der Waals surface area contributed by atoms with Crippen molar-refractivity contribution in [1.29, 1.82) is 0 Å². The summed E-state index contributed by atoms with van der Waals surface area (Å²) in [6, 6.07) is 7.48. The molecular formula is C20H29ClN4O3S. The third kappa shape index (κ3) is 7.98. The fourth-order valence-corrected chi connectivity index (χ4v) is 4.08. The number of rotatable bonds is 10. The lowest BCUT2D eigenvalue weighted by Gasteiger charge is -2.26. The Balaban J connectivity index is 1.46. The van der Waals surface area contributed by atoms with Crippen molar-refractivity contribution in [3.8, 4) is 0 Å². The number of aliphatic imine (C=N–C) groups is 1. The fraction of sp³-hybridized carbons (Fsp3) is 0.550. The Hall–Kier alpha value is -1.58. The topological polar surface area (TPSA) is 82.3 Å². The predicted molar refractivity (Wildman–Crippen MR) is 117 cm³/mol. The first-order valence-corrected chi connectivity index (χ1v) is 11.2. The standard InChI is InChI=1S/C20H29ClN4O3S/c21-19-5-4-18(29-19)17(26)15-24-20(23-8-6-16-3-1-12-28-16)22-7-2-9-25-10-13-27-14-11-25/h1,3-5,12,17,26H,2,6-11,13-15H2,(H2,22,23,24). The van der Waals surface area contributed by atoms with E-state index in [-0.39, 0.29) is 6.54 Å². The van der Waals surface area contributed by atoms with Crippen LogP contribution in [0, 0.1) is 0 Å². The molecule has 29 heavy (non-hydrogen) atoms. The molecule has 0 radical (unpaired) electrons. The third-order valence-corrected chi connectivity index (χ3v) is 5.97. The number of thiophene rings is 1. The summed E-state index contributed by atoms with van der Waals surface area (Å²) in [7, 11) is 0. The molecular weight excluding hydrogens is 412 g/mol. The van der Waals surface area contributed by atoms with Crippen molar-refractivity contribution in [2.75, 3.05) is 52.5 Å². The summed E-state index contributed by atoms with van der Waals surface area (Å²) in [4.78, 5) is 7.79. The highest BCUT2D eigenvalue weighted by molar-refractivity contribution is 7.16. The Morgan fingerprint density at radius 1 is 1.24 bits per heavy atom. The molecule has 0 spiro atoms. The van der Waals surface area contributed by atoms with Gasteiger partial charge in [0.25, 0.3) is 0 Å². The maximum Gasteiger partial charge on any atom is 0.191 e. The van der Waals surface area contributed by atoms with Gasteiger partial charge in [-0.05, 0) is 37.2 Å². The number of ether oxygens (including phenoxy) is 1. The van der Waals surface area contributed by atoms with Crippen LogP contribution in [0.3, 0.4) is 0 Å². The van der Waals surface area contributed by atoms with E-state index in [0.29, 0.717) is 16.8 Å². The van der Waals surface area contributed by atoms with Gasteiger partial charge < -0.3 is 24.9 Å². The molecule has 7 nitrogen and oxygen atoms in total. The van der Waals surface area contributed by atoms with Crippen molar-refractivity contribution in [3.63, 3.8) is 0 Å². The van der Waals surface area contributed by atoms with Crippen LogP contribution < -0.4 is 10.6 Å². The zero-order valence-electron chi connectivity index (χ0n) is 16.5. The smallest absolute Gasteiger partial charge is 0.191 e. The highest BCUT2D eigenvalue weighted by Gasteiger charge is 2.11. The van der Waals surface area contributed by atoms with Gasteiger partial charge in [-0.1, -0.05) is 11.6 Å². The van der Waals surface area contributed by atoms with Crippen LogP contribution in [0.25, 0.3) is 0 Å². The van der Waals surface area contributed by atoms with E-state index in [2.05, 4.69) is 20.5 Å². The number of hydrogen-bond donors (Lipinski definition) is 3. The molecule has 1 saturated heterocycles. The van der Waals surface area contributed by atoms with Gasteiger partial charge in [0, 0.05) is 37.5 Å². The Bertz CT molecular complexity index is 732. The number of guanidine groups is 1. The van der Waals surface area contributed by atoms with Gasteiger partial charge in [-0.15, -0.1) is 11.3 Å². The zero-order valence-corrected chi connectivity index (χ0v) is 18.1. The monoisotopic (exact) mass is 440 g/mol. The molecule has 2 aromatic heterocycles. The molecule has 3 N–H and O–H groups in total. The molecule has 1 fully saturated rings. The van der Waals surface area contributed by atoms with E-state index in [1.165, 1.54) is 11.3 Å². The van der Waals surface area contributed by atoms with E-state index >= 15 is 0 Å². The van der Waals surface area contributed by atoms with Crippen molar-refractivity contribution in [2.45, 2.75) is 18.9 Å². The maximum atomic E-state index is 10.4. The second-order valence-electron chi connectivity index (χ2n) is 6.84. The summed E-state index contributed by atoms with van der Waals surface area (Å²) in [6.07, 6.45) is 2.80. The summed E-state index contributed by atoms with van der Waals surface area (Å²) < 4.78 is 11.4. The molecule has 9 heteroatoms. The number of nitrogens with one attached hydrogen (secondary N) is 2. The van der Waals surface area contributed by atoms with E-state index in [0.717, 1.165) is 62.9 Å². The van der Waals surface area contributed by atoms with E-state index in [4.69, 9.17) is 20.8 Å². The summed E-state index contributed by atoms with van der Waals surface area (Å²) in [5, 5.41) is 17.0. The van der Waals surface area contributed by atoms with Crippen LogP contribution in [0.1, 0.15) is 23.2 Å². The van der Waals surface area contributed by atoms with Crippen molar-refractivity contribution >= 4 is 28.9 Å². The third-order valence-electron chi connectivity index (χ3n) is 4.64. The van der Waals surface area contributed by atoms with Gasteiger partial charge in [-0.2, -0.15) is 0 Å². The molecule has 0 aromatic carbocycles. The predicted octanol–water partition coefficient (Wildman–Crippen LogP) is 2.53. The van der Waals surface area contributed by atoms with E-state index in [1.54, 1.807) is 12.3 Å². The van der Waals surface area contributed by atoms with Crippen molar-refractivity contribution < 1.29 is 14.3 Å². The SMILES string of the molecule is OC(CN=C(NCCCN1CCOCC1)NCCc1ccco1)c1ccc(Cl)s1. The number of morpholine rings is 1. The fourth-order valence-electron chi connectivity index (χ4n) is 3.04. The highest BCUT2D eigenvalue weighted by atomic mass is 35.5. The summed E-state index contributed by atoms with van der Waals surface area (Å²) in [5.41, 5.74) is 0. The van der Waals surface area contributed by atoms with Gasteiger partial charge in [-0.25, -0.2) is 0 Å². The Labute approximate surface area is 180 Å². The molecule has 1 aliphatic heterocycles. The van der Waals surface area contributed by atoms with Gasteiger partial charge in [0.15, 0.2) is 5.96 Å². The molecule has 3 rings (SSSR count). The van der Waals surface area contributed by atoms with Crippen molar-refractivity contribution in [3.05, 3.63) is 45.5 Å². The van der Waals surface area contributed by atoms with Gasteiger partial charge in [0.05, 0.1) is 30.4 Å². The lowest BCUT2D eigenvalue weighted by molar-refractivity contribution is 0.0376. The molecule has 2 aromatic rings. The molecule has 1 unspecified atom stereocenters. The summed E-state index contributed by atoms with van der Waals surface area (Å²) in [6.45, 7) is 6.45. The first-order chi connectivity index (χ1) is 14.2. The van der Waals surface area contributed by atoms with Crippen LogP contribution >= 0.6 is 22.9 Å². The Morgan fingerprint density at radius 2 is 2.07 bits per heavy atom. The van der Waals surface area contributed by atoms with Crippen LogP contribution in [-0.4, -0.2) is 68.4 Å². The molecule has 0 aliphatic carbocycles. The van der Waals surface area contributed by atoms with Crippen LogP contribution in [0.15, 0.2) is 39.9 Å². The molecule has 1 atom stereocenters. The lowest BCUT2D eigenvalue weighted by atomic mass is 10.3. The van der Waals surface area contributed by atoms with Crippen LogP contribution in [0.5, 0.6) is 0 Å². The zero-order chi connectivity index (χ0) is 20.3. The van der Waals surface area contributed by atoms with Crippen LogP contribution in [-0.2, 0) is 11.2 Å². The maximum absolute atomic E-state index is 10.4. The number of hydrogen-bond acceptors (Lipinski definition) is 6.